The van der Waals surface area contributed by atoms with Gasteiger partial charge in [0.1, 0.15) is 9.84 Å². The van der Waals surface area contributed by atoms with Crippen LogP contribution >= 0.6 is 0 Å². The van der Waals surface area contributed by atoms with Crippen molar-refractivity contribution in [1.82, 2.24) is 0 Å². The molecule has 0 aliphatic heterocycles. The molecule has 1 aromatic carbocycles. The molecule has 0 fully saturated rings. The molecule has 0 saturated carbocycles. The molecular weight excluding hydrogens is 196 g/mol. The van der Waals surface area contributed by atoms with E-state index in [9.17, 15) is 8.42 Å². The van der Waals surface area contributed by atoms with Gasteiger partial charge in [-0.15, -0.1) is 0 Å². The smallest absolute Gasteiger partial charge is 0.150 e. The monoisotopic (exact) mass is 212 g/mol. The van der Waals surface area contributed by atoms with Crippen molar-refractivity contribution in [2.24, 2.45) is 0 Å². The summed E-state index contributed by atoms with van der Waals surface area (Å²) in [4.78, 5) is 0. The van der Waals surface area contributed by atoms with Crippen LogP contribution in [0.1, 0.15) is 18.1 Å². The molecule has 0 aliphatic rings. The van der Waals surface area contributed by atoms with E-state index >= 15 is 0 Å². The highest BCUT2D eigenvalue weighted by molar-refractivity contribution is 7.91. The maximum absolute atomic E-state index is 11.2. The van der Waals surface area contributed by atoms with Crippen LogP contribution in [-0.2, 0) is 16.3 Å². The van der Waals surface area contributed by atoms with E-state index < -0.39 is 9.84 Å². The van der Waals surface area contributed by atoms with E-state index in [2.05, 4.69) is 0 Å². The molecule has 78 valence electrons. The minimum absolute atomic E-state index is 0.235. The zero-order valence-corrected chi connectivity index (χ0v) is 9.47. The van der Waals surface area contributed by atoms with Crippen LogP contribution in [0.4, 0.5) is 0 Å². The second kappa shape index (κ2) is 4.60. The lowest BCUT2D eigenvalue weighted by Crippen LogP contribution is -2.10. The van der Waals surface area contributed by atoms with Crippen molar-refractivity contribution in [1.29, 1.82) is 0 Å². The van der Waals surface area contributed by atoms with E-state index in [1.54, 1.807) is 6.92 Å². The van der Waals surface area contributed by atoms with Crippen LogP contribution in [0.3, 0.4) is 0 Å². The van der Waals surface area contributed by atoms with Gasteiger partial charge in [0.25, 0.3) is 0 Å². The fourth-order valence-corrected chi connectivity index (χ4v) is 2.01. The van der Waals surface area contributed by atoms with Crippen LogP contribution in [0.15, 0.2) is 24.3 Å². The molecule has 0 aliphatic carbocycles. The van der Waals surface area contributed by atoms with Gasteiger partial charge < -0.3 is 0 Å². The standard InChI is InChI=1S/C11H16O2S/c1-3-14(12,13)9-8-11-6-4-10(2)5-7-11/h4-7H,3,8-9H2,1-2H3. The van der Waals surface area contributed by atoms with Crippen molar-refractivity contribution in [3.8, 4) is 0 Å². The van der Waals surface area contributed by atoms with E-state index in [4.69, 9.17) is 0 Å². The Morgan fingerprint density at radius 2 is 1.71 bits per heavy atom. The summed E-state index contributed by atoms with van der Waals surface area (Å²) in [7, 11) is -2.83. The van der Waals surface area contributed by atoms with Crippen molar-refractivity contribution in [2.45, 2.75) is 20.3 Å². The van der Waals surface area contributed by atoms with E-state index in [0.717, 1.165) is 5.56 Å². The average molecular weight is 212 g/mol. The number of aryl methyl sites for hydroxylation is 2. The van der Waals surface area contributed by atoms with Gasteiger partial charge in [-0.3, -0.25) is 0 Å². The molecule has 0 amide bonds. The number of sulfone groups is 1. The highest BCUT2D eigenvalue weighted by Gasteiger charge is 2.06. The largest absolute Gasteiger partial charge is 0.229 e. The topological polar surface area (TPSA) is 34.1 Å². The minimum atomic E-state index is -2.83. The van der Waals surface area contributed by atoms with E-state index in [1.807, 2.05) is 31.2 Å². The summed E-state index contributed by atoms with van der Waals surface area (Å²) in [5.41, 5.74) is 2.29. The van der Waals surface area contributed by atoms with Gasteiger partial charge in [0.15, 0.2) is 0 Å². The first-order valence-corrected chi connectivity index (χ1v) is 6.61. The van der Waals surface area contributed by atoms with Gasteiger partial charge in [-0.2, -0.15) is 0 Å². The summed E-state index contributed by atoms with van der Waals surface area (Å²) in [6.07, 6.45) is 0.621. The fourth-order valence-electron chi connectivity index (χ4n) is 1.17. The number of benzene rings is 1. The number of rotatable bonds is 4. The number of hydrogen-bond donors (Lipinski definition) is 0. The molecule has 3 heteroatoms. The van der Waals surface area contributed by atoms with Crippen LogP contribution in [0.5, 0.6) is 0 Å². The van der Waals surface area contributed by atoms with Crippen LogP contribution < -0.4 is 0 Å². The Labute approximate surface area is 85.9 Å². The Balaban J connectivity index is 2.59. The van der Waals surface area contributed by atoms with Gasteiger partial charge in [-0.1, -0.05) is 36.8 Å². The van der Waals surface area contributed by atoms with Gasteiger partial charge in [0, 0.05) is 5.75 Å². The van der Waals surface area contributed by atoms with Gasteiger partial charge in [0.2, 0.25) is 0 Å². The Kier molecular flexibility index (Phi) is 3.69. The SMILES string of the molecule is CCS(=O)(=O)CCc1ccc(C)cc1. The molecule has 0 radical (unpaired) electrons. The van der Waals surface area contributed by atoms with Gasteiger partial charge >= 0.3 is 0 Å². The maximum Gasteiger partial charge on any atom is 0.150 e. The Morgan fingerprint density at radius 3 is 2.21 bits per heavy atom. The van der Waals surface area contributed by atoms with E-state index in [-0.39, 0.29) is 11.5 Å². The second-order valence-corrected chi connectivity index (χ2v) is 5.94. The van der Waals surface area contributed by atoms with Crippen molar-refractivity contribution >= 4 is 9.84 Å². The zero-order chi connectivity index (χ0) is 10.6. The number of hydrogen-bond acceptors (Lipinski definition) is 2. The first kappa shape index (κ1) is 11.2. The average Bonchev–Trinajstić information content (AvgIpc) is 2.17. The molecule has 14 heavy (non-hydrogen) atoms. The lowest BCUT2D eigenvalue weighted by molar-refractivity contribution is 0.596. The van der Waals surface area contributed by atoms with Crippen molar-refractivity contribution in [2.75, 3.05) is 11.5 Å². The van der Waals surface area contributed by atoms with Crippen LogP contribution in [-0.4, -0.2) is 19.9 Å². The quantitative estimate of drug-likeness (QED) is 0.764. The molecular formula is C11H16O2S. The maximum atomic E-state index is 11.2. The highest BCUT2D eigenvalue weighted by Crippen LogP contribution is 2.05. The van der Waals surface area contributed by atoms with Gasteiger partial charge in [-0.05, 0) is 18.9 Å². The molecule has 1 rings (SSSR count). The molecule has 0 heterocycles. The lowest BCUT2D eigenvalue weighted by Gasteiger charge is -2.02. The highest BCUT2D eigenvalue weighted by atomic mass is 32.2. The van der Waals surface area contributed by atoms with Crippen LogP contribution in [0, 0.1) is 6.92 Å². The van der Waals surface area contributed by atoms with Crippen LogP contribution in [0.2, 0.25) is 0 Å². The Hall–Kier alpha value is -0.830. The molecule has 2 nitrogen and oxygen atoms in total. The third-order valence-corrected chi connectivity index (χ3v) is 3.97. The molecule has 0 saturated heterocycles. The molecule has 0 spiro atoms. The first-order chi connectivity index (χ1) is 6.53. The van der Waals surface area contributed by atoms with Crippen molar-refractivity contribution < 1.29 is 8.42 Å². The first-order valence-electron chi connectivity index (χ1n) is 4.79. The van der Waals surface area contributed by atoms with E-state index in [0.29, 0.717) is 6.42 Å². The molecule has 0 aromatic heterocycles. The van der Waals surface area contributed by atoms with Gasteiger partial charge in [0.05, 0.1) is 5.75 Å². The summed E-state index contributed by atoms with van der Waals surface area (Å²) in [5, 5.41) is 0. The van der Waals surface area contributed by atoms with Crippen molar-refractivity contribution in [3.63, 3.8) is 0 Å². The Morgan fingerprint density at radius 1 is 1.14 bits per heavy atom. The summed E-state index contributed by atoms with van der Waals surface area (Å²) in [6.45, 7) is 3.71. The van der Waals surface area contributed by atoms with E-state index in [1.165, 1.54) is 5.56 Å². The summed E-state index contributed by atoms with van der Waals surface area (Å²) in [5.74, 6) is 0.491. The second-order valence-electron chi connectivity index (χ2n) is 3.47. The summed E-state index contributed by atoms with van der Waals surface area (Å²) in [6, 6.07) is 7.99. The predicted molar refractivity (Wildman–Crippen MR) is 59.2 cm³/mol. The minimum Gasteiger partial charge on any atom is -0.229 e. The predicted octanol–water partition coefficient (Wildman–Crippen LogP) is 1.97. The summed E-state index contributed by atoms with van der Waals surface area (Å²) >= 11 is 0. The fraction of sp³-hybridized carbons (Fsp3) is 0.455. The molecule has 1 aromatic rings. The van der Waals surface area contributed by atoms with Crippen molar-refractivity contribution in [3.05, 3.63) is 35.4 Å². The normalized spacial score (nSPS) is 11.6. The molecule has 0 atom stereocenters. The molecule has 0 bridgehead atoms. The molecule has 0 unspecified atom stereocenters. The third kappa shape index (κ3) is 3.50. The zero-order valence-electron chi connectivity index (χ0n) is 8.66. The van der Waals surface area contributed by atoms with Gasteiger partial charge in [-0.25, -0.2) is 8.42 Å². The lowest BCUT2D eigenvalue weighted by atomic mass is 10.1. The molecule has 0 N–H and O–H groups in total. The third-order valence-electron chi connectivity index (χ3n) is 2.26. The Bertz CT molecular complexity index is 376. The van der Waals surface area contributed by atoms with Crippen LogP contribution in [0.25, 0.3) is 0 Å². The summed E-state index contributed by atoms with van der Waals surface area (Å²) < 4.78 is 22.5.